The summed E-state index contributed by atoms with van der Waals surface area (Å²) < 4.78 is 27.5. The van der Waals surface area contributed by atoms with Crippen molar-refractivity contribution in [2.45, 2.75) is 25.3 Å². The highest BCUT2D eigenvalue weighted by atomic mass is 35.5. The standard InChI is InChI=1S/C15H20F2N2.2ClH/c16-12-3-4-14(17)13(10-12)15(9-11-1-2-11)19-7-5-18-6-8-19;;/h3-4,10-11,15,18H,1-2,5-9H2;2*1H/t15-;;/m0../s1. The lowest BCUT2D eigenvalue weighted by atomic mass is 9.98. The molecule has 1 aromatic carbocycles. The van der Waals surface area contributed by atoms with Gasteiger partial charge in [0.2, 0.25) is 0 Å². The maximum Gasteiger partial charge on any atom is 0.128 e. The first-order chi connectivity index (χ1) is 9.24. The predicted molar refractivity (Wildman–Crippen MR) is 85.4 cm³/mol. The van der Waals surface area contributed by atoms with Crippen molar-refractivity contribution in [2.24, 2.45) is 5.92 Å². The Morgan fingerprint density at radius 2 is 1.81 bits per heavy atom. The second-order valence-corrected chi connectivity index (χ2v) is 5.65. The maximum atomic E-state index is 14.0. The molecule has 0 bridgehead atoms. The molecule has 2 nitrogen and oxygen atoms in total. The summed E-state index contributed by atoms with van der Waals surface area (Å²) in [4.78, 5) is 2.30. The van der Waals surface area contributed by atoms with Crippen LogP contribution in [0.3, 0.4) is 0 Å². The number of hydrogen-bond acceptors (Lipinski definition) is 2. The average Bonchev–Trinajstić information content (AvgIpc) is 3.24. The minimum atomic E-state index is -0.340. The summed E-state index contributed by atoms with van der Waals surface area (Å²) in [7, 11) is 0. The molecule has 1 aromatic rings. The smallest absolute Gasteiger partial charge is 0.128 e. The number of piperazine rings is 1. The van der Waals surface area contributed by atoms with Crippen LogP contribution in [0, 0.1) is 17.6 Å². The van der Waals surface area contributed by atoms with Crippen LogP contribution in [0.2, 0.25) is 0 Å². The van der Waals surface area contributed by atoms with Crippen LogP contribution >= 0.6 is 24.8 Å². The Morgan fingerprint density at radius 3 is 2.43 bits per heavy atom. The minimum Gasteiger partial charge on any atom is -0.314 e. The molecule has 21 heavy (non-hydrogen) atoms. The molecule has 1 aliphatic carbocycles. The van der Waals surface area contributed by atoms with Gasteiger partial charge in [0, 0.05) is 37.8 Å². The van der Waals surface area contributed by atoms with Crippen molar-refractivity contribution in [2.75, 3.05) is 26.2 Å². The van der Waals surface area contributed by atoms with Gasteiger partial charge in [-0.25, -0.2) is 8.78 Å². The number of benzene rings is 1. The second-order valence-electron chi connectivity index (χ2n) is 5.65. The molecule has 1 atom stereocenters. The van der Waals surface area contributed by atoms with Crippen LogP contribution in [0.4, 0.5) is 8.78 Å². The van der Waals surface area contributed by atoms with Crippen molar-refractivity contribution < 1.29 is 8.78 Å². The van der Waals surface area contributed by atoms with Gasteiger partial charge in [-0.2, -0.15) is 0 Å². The SMILES string of the molecule is Cl.Cl.Fc1ccc(F)c([C@H](CC2CC2)N2CCNCC2)c1. The summed E-state index contributed by atoms with van der Waals surface area (Å²) in [5, 5.41) is 3.31. The number of nitrogens with zero attached hydrogens (tertiary/aromatic N) is 1. The van der Waals surface area contributed by atoms with Crippen LogP contribution in [0.5, 0.6) is 0 Å². The van der Waals surface area contributed by atoms with E-state index < -0.39 is 0 Å². The summed E-state index contributed by atoms with van der Waals surface area (Å²) in [6.07, 6.45) is 3.43. The van der Waals surface area contributed by atoms with Gasteiger partial charge in [-0.15, -0.1) is 24.8 Å². The molecule has 1 heterocycles. The zero-order valence-electron chi connectivity index (χ0n) is 11.9. The molecule has 0 unspecified atom stereocenters. The first-order valence-electron chi connectivity index (χ1n) is 7.14. The van der Waals surface area contributed by atoms with Crippen LogP contribution in [0.1, 0.15) is 30.9 Å². The lowest BCUT2D eigenvalue weighted by Crippen LogP contribution is -2.45. The van der Waals surface area contributed by atoms with Gasteiger partial charge in [0.25, 0.3) is 0 Å². The second kappa shape index (κ2) is 8.28. The van der Waals surface area contributed by atoms with Gasteiger partial charge in [-0.05, 0) is 30.5 Å². The van der Waals surface area contributed by atoms with Crippen LogP contribution in [-0.2, 0) is 0 Å². The summed E-state index contributed by atoms with van der Waals surface area (Å²) in [6, 6.07) is 3.87. The van der Waals surface area contributed by atoms with Gasteiger partial charge in [0.15, 0.2) is 0 Å². The Hall–Kier alpha value is -0.420. The number of halogens is 4. The van der Waals surface area contributed by atoms with Crippen LogP contribution in [-0.4, -0.2) is 31.1 Å². The van der Waals surface area contributed by atoms with Crippen molar-refractivity contribution in [3.63, 3.8) is 0 Å². The third-order valence-corrected chi connectivity index (χ3v) is 4.16. The van der Waals surface area contributed by atoms with Gasteiger partial charge in [0.1, 0.15) is 11.6 Å². The van der Waals surface area contributed by atoms with E-state index in [-0.39, 0.29) is 42.5 Å². The summed E-state index contributed by atoms with van der Waals surface area (Å²) >= 11 is 0. The molecule has 120 valence electrons. The zero-order valence-corrected chi connectivity index (χ0v) is 13.5. The first-order valence-corrected chi connectivity index (χ1v) is 7.14. The van der Waals surface area contributed by atoms with E-state index in [1.54, 1.807) is 0 Å². The first kappa shape index (κ1) is 18.6. The number of nitrogens with one attached hydrogen (secondary N) is 1. The highest BCUT2D eigenvalue weighted by Crippen LogP contribution is 2.40. The van der Waals surface area contributed by atoms with Crippen molar-refractivity contribution in [3.8, 4) is 0 Å². The van der Waals surface area contributed by atoms with Crippen molar-refractivity contribution in [3.05, 3.63) is 35.4 Å². The molecule has 0 spiro atoms. The van der Waals surface area contributed by atoms with Crippen LogP contribution in [0.15, 0.2) is 18.2 Å². The third kappa shape index (κ3) is 4.78. The fraction of sp³-hybridized carbons (Fsp3) is 0.600. The van der Waals surface area contributed by atoms with Crippen LogP contribution in [0.25, 0.3) is 0 Å². The molecular formula is C15H22Cl2F2N2. The summed E-state index contributed by atoms with van der Waals surface area (Å²) in [5.41, 5.74) is 0.536. The minimum absolute atomic E-state index is 0. The quantitative estimate of drug-likeness (QED) is 0.902. The molecule has 2 aliphatic rings. The molecule has 1 saturated carbocycles. The molecule has 6 heteroatoms. The molecule has 3 rings (SSSR count). The fourth-order valence-corrected chi connectivity index (χ4v) is 2.91. The maximum absolute atomic E-state index is 14.0. The van der Waals surface area contributed by atoms with E-state index in [9.17, 15) is 8.78 Å². The van der Waals surface area contributed by atoms with Gasteiger partial charge in [0.05, 0.1) is 0 Å². The van der Waals surface area contributed by atoms with Gasteiger partial charge in [-0.1, -0.05) is 12.8 Å². The molecule has 1 saturated heterocycles. The van der Waals surface area contributed by atoms with E-state index in [0.717, 1.165) is 32.6 Å². The van der Waals surface area contributed by atoms with Crippen molar-refractivity contribution >= 4 is 24.8 Å². The van der Waals surface area contributed by atoms with E-state index >= 15 is 0 Å². The molecule has 1 N–H and O–H groups in total. The normalized spacial score (nSPS) is 20.3. The third-order valence-electron chi connectivity index (χ3n) is 4.16. The highest BCUT2D eigenvalue weighted by Gasteiger charge is 2.31. The monoisotopic (exact) mass is 338 g/mol. The Kier molecular flexibility index (Phi) is 7.34. The lowest BCUT2D eigenvalue weighted by Gasteiger charge is -2.35. The average molecular weight is 339 g/mol. The van der Waals surface area contributed by atoms with Gasteiger partial charge >= 0.3 is 0 Å². The predicted octanol–water partition coefficient (Wildman–Crippen LogP) is 3.55. The molecular weight excluding hydrogens is 317 g/mol. The molecule has 2 fully saturated rings. The van der Waals surface area contributed by atoms with Gasteiger partial charge < -0.3 is 5.32 Å². The van der Waals surface area contributed by atoms with E-state index in [1.807, 2.05) is 0 Å². The van der Waals surface area contributed by atoms with E-state index in [0.29, 0.717) is 11.5 Å². The van der Waals surface area contributed by atoms with E-state index in [1.165, 1.54) is 31.0 Å². The summed E-state index contributed by atoms with van der Waals surface area (Å²) in [5.74, 6) is 0.0838. The van der Waals surface area contributed by atoms with Crippen molar-refractivity contribution in [1.29, 1.82) is 0 Å². The van der Waals surface area contributed by atoms with E-state index in [4.69, 9.17) is 0 Å². The number of hydrogen-bond donors (Lipinski definition) is 1. The zero-order chi connectivity index (χ0) is 13.2. The Labute approximate surface area is 137 Å². The Balaban J connectivity index is 0.00000110. The molecule has 1 aliphatic heterocycles. The number of rotatable bonds is 4. The van der Waals surface area contributed by atoms with Gasteiger partial charge in [-0.3, -0.25) is 4.90 Å². The summed E-state index contributed by atoms with van der Waals surface area (Å²) in [6.45, 7) is 3.68. The highest BCUT2D eigenvalue weighted by molar-refractivity contribution is 5.85. The topological polar surface area (TPSA) is 15.3 Å². The molecule has 0 amide bonds. The van der Waals surface area contributed by atoms with Crippen molar-refractivity contribution in [1.82, 2.24) is 10.2 Å². The molecule has 0 radical (unpaired) electrons. The Bertz CT molecular complexity index is 449. The fourth-order valence-electron chi connectivity index (χ4n) is 2.91. The molecule has 0 aromatic heterocycles. The Morgan fingerprint density at radius 1 is 1.14 bits per heavy atom. The van der Waals surface area contributed by atoms with E-state index in [2.05, 4.69) is 10.2 Å². The van der Waals surface area contributed by atoms with Crippen LogP contribution < -0.4 is 5.32 Å². The lowest BCUT2D eigenvalue weighted by molar-refractivity contribution is 0.157. The largest absolute Gasteiger partial charge is 0.314 e.